The third-order valence-corrected chi connectivity index (χ3v) is 5.37. The summed E-state index contributed by atoms with van der Waals surface area (Å²) in [4.78, 5) is 17.1. The van der Waals surface area contributed by atoms with Gasteiger partial charge in [-0.25, -0.2) is 0 Å². The lowest BCUT2D eigenvalue weighted by atomic mass is 9.95. The second kappa shape index (κ2) is 11.9. The number of nitrogens with zero attached hydrogens (tertiary/aromatic N) is 2. The molecule has 0 aromatic heterocycles. The highest BCUT2D eigenvalue weighted by Gasteiger charge is 2.33. The van der Waals surface area contributed by atoms with Crippen LogP contribution in [0.15, 0.2) is 30.3 Å². The molecule has 1 N–H and O–H groups in total. The van der Waals surface area contributed by atoms with Gasteiger partial charge >= 0.3 is 0 Å². The van der Waals surface area contributed by atoms with Gasteiger partial charge in [-0.05, 0) is 38.3 Å². The van der Waals surface area contributed by atoms with Crippen molar-refractivity contribution in [3.05, 3.63) is 35.9 Å². The number of likely N-dealkylation sites (tertiary alicyclic amines) is 1. The minimum absolute atomic E-state index is 0. The third-order valence-electron chi connectivity index (χ3n) is 5.37. The van der Waals surface area contributed by atoms with E-state index < -0.39 is 0 Å². The van der Waals surface area contributed by atoms with Crippen LogP contribution in [0.25, 0.3) is 0 Å². The number of benzene rings is 1. The monoisotopic (exact) mass is 417 g/mol. The molecule has 3 rings (SSSR count). The van der Waals surface area contributed by atoms with Crippen LogP contribution in [0, 0.1) is 5.92 Å². The number of morpholine rings is 1. The zero-order valence-electron chi connectivity index (χ0n) is 16.3. The van der Waals surface area contributed by atoms with Gasteiger partial charge in [-0.15, -0.1) is 24.8 Å². The van der Waals surface area contributed by atoms with E-state index in [0.29, 0.717) is 12.5 Å². The number of piperidine rings is 1. The van der Waals surface area contributed by atoms with Gasteiger partial charge in [-0.2, -0.15) is 0 Å². The Morgan fingerprint density at radius 3 is 2.52 bits per heavy atom. The second-order valence-electron chi connectivity index (χ2n) is 7.46. The van der Waals surface area contributed by atoms with Gasteiger partial charge in [-0.1, -0.05) is 30.3 Å². The summed E-state index contributed by atoms with van der Waals surface area (Å²) in [7, 11) is 2.19. The maximum atomic E-state index is 12.7. The Hall–Kier alpha value is -0.850. The topological polar surface area (TPSA) is 44.8 Å². The highest BCUT2D eigenvalue weighted by Crippen LogP contribution is 2.20. The van der Waals surface area contributed by atoms with Crippen molar-refractivity contribution in [2.24, 2.45) is 5.92 Å². The average Bonchev–Trinajstić information content (AvgIpc) is 2.63. The smallest absolute Gasteiger partial charge is 0.242 e. The number of nitrogens with one attached hydrogen (secondary N) is 1. The van der Waals surface area contributed by atoms with Crippen LogP contribution in [0.4, 0.5) is 0 Å². The Morgan fingerprint density at radius 1 is 1.22 bits per heavy atom. The molecule has 2 saturated heterocycles. The van der Waals surface area contributed by atoms with Crippen molar-refractivity contribution < 1.29 is 9.53 Å². The predicted molar refractivity (Wildman–Crippen MR) is 114 cm³/mol. The minimum Gasteiger partial charge on any atom is -0.375 e. The van der Waals surface area contributed by atoms with E-state index in [-0.39, 0.29) is 42.9 Å². The van der Waals surface area contributed by atoms with Gasteiger partial charge in [0.25, 0.3) is 0 Å². The first kappa shape index (κ1) is 24.2. The first-order chi connectivity index (χ1) is 12.1. The molecule has 0 spiro atoms. The molecule has 2 fully saturated rings. The van der Waals surface area contributed by atoms with Crippen molar-refractivity contribution in [3.63, 3.8) is 0 Å². The standard InChI is InChI=1S/C20H31N3O2.2ClH/c1-16-19(21-10-13-25-16)20(24)23-11-8-18(9-12-23)15-22(2)14-17-6-4-3-5-7-17;;/h3-7,16,18-19,21H,8-15H2,1-2H3;2*1H/t16-,19+;;/m1../s1. The second-order valence-corrected chi connectivity index (χ2v) is 7.46. The van der Waals surface area contributed by atoms with Crippen LogP contribution < -0.4 is 5.32 Å². The first-order valence-corrected chi connectivity index (χ1v) is 9.49. The Labute approximate surface area is 175 Å². The molecule has 0 bridgehead atoms. The van der Waals surface area contributed by atoms with Crippen molar-refractivity contribution >= 4 is 30.7 Å². The molecule has 0 unspecified atom stereocenters. The summed E-state index contributed by atoms with van der Waals surface area (Å²) < 4.78 is 5.62. The van der Waals surface area contributed by atoms with Gasteiger partial charge in [0.2, 0.25) is 5.91 Å². The summed E-state index contributed by atoms with van der Waals surface area (Å²) in [6, 6.07) is 10.4. The van der Waals surface area contributed by atoms with E-state index in [0.717, 1.165) is 45.6 Å². The summed E-state index contributed by atoms with van der Waals surface area (Å²) in [5.74, 6) is 0.883. The highest BCUT2D eigenvalue weighted by atomic mass is 35.5. The zero-order valence-corrected chi connectivity index (χ0v) is 17.9. The Bertz CT molecular complexity index is 553. The van der Waals surface area contributed by atoms with E-state index in [4.69, 9.17) is 4.74 Å². The number of hydrogen-bond donors (Lipinski definition) is 1. The SMILES string of the molecule is C[C@H]1OCCN[C@@H]1C(=O)N1CCC(CN(C)Cc2ccccc2)CC1.Cl.Cl. The number of amides is 1. The summed E-state index contributed by atoms with van der Waals surface area (Å²) in [6.45, 7) is 7.27. The van der Waals surface area contributed by atoms with E-state index in [2.05, 4.69) is 47.6 Å². The molecule has 1 amide bonds. The van der Waals surface area contributed by atoms with E-state index in [1.54, 1.807) is 0 Å². The molecule has 154 valence electrons. The fourth-order valence-corrected chi connectivity index (χ4v) is 3.94. The largest absolute Gasteiger partial charge is 0.375 e. The number of hydrogen-bond acceptors (Lipinski definition) is 4. The molecule has 7 heteroatoms. The van der Waals surface area contributed by atoms with Crippen LogP contribution in [0.1, 0.15) is 25.3 Å². The number of halogens is 2. The normalized spacial score (nSPS) is 23.4. The van der Waals surface area contributed by atoms with Crippen molar-refractivity contribution in [3.8, 4) is 0 Å². The van der Waals surface area contributed by atoms with Gasteiger partial charge in [0, 0.05) is 32.7 Å². The number of carbonyl (C=O) groups is 1. The predicted octanol–water partition coefficient (Wildman–Crippen LogP) is 2.58. The van der Waals surface area contributed by atoms with Crippen LogP contribution in [-0.4, -0.2) is 67.7 Å². The summed E-state index contributed by atoms with van der Waals surface area (Å²) in [5, 5.41) is 3.31. The van der Waals surface area contributed by atoms with Gasteiger partial charge < -0.3 is 19.9 Å². The van der Waals surface area contributed by atoms with Crippen molar-refractivity contribution in [2.45, 2.75) is 38.5 Å². The average molecular weight is 418 g/mol. The number of ether oxygens (including phenoxy) is 1. The molecule has 2 atom stereocenters. The van der Waals surface area contributed by atoms with E-state index in [9.17, 15) is 4.79 Å². The maximum Gasteiger partial charge on any atom is 0.242 e. The maximum absolute atomic E-state index is 12.7. The molecule has 2 aliphatic heterocycles. The van der Waals surface area contributed by atoms with Gasteiger partial charge in [0.15, 0.2) is 0 Å². The molecule has 1 aromatic rings. The number of rotatable bonds is 5. The van der Waals surface area contributed by atoms with Gasteiger partial charge in [-0.3, -0.25) is 4.79 Å². The Kier molecular flexibility index (Phi) is 10.6. The molecule has 0 saturated carbocycles. The lowest BCUT2D eigenvalue weighted by molar-refractivity contribution is -0.140. The molecule has 5 nitrogen and oxygen atoms in total. The number of carbonyl (C=O) groups excluding carboxylic acids is 1. The molecule has 2 heterocycles. The minimum atomic E-state index is -0.175. The lowest BCUT2D eigenvalue weighted by Gasteiger charge is -2.38. The van der Waals surface area contributed by atoms with E-state index >= 15 is 0 Å². The summed E-state index contributed by atoms with van der Waals surface area (Å²) in [5.41, 5.74) is 1.36. The Balaban J connectivity index is 0.00000182. The lowest BCUT2D eigenvalue weighted by Crippen LogP contribution is -2.57. The summed E-state index contributed by atoms with van der Waals surface area (Å²) in [6.07, 6.45) is 2.15. The van der Waals surface area contributed by atoms with Gasteiger partial charge in [0.05, 0.1) is 12.7 Å². The molecule has 2 aliphatic rings. The zero-order chi connectivity index (χ0) is 17.6. The van der Waals surface area contributed by atoms with E-state index in [1.807, 2.05) is 11.8 Å². The molecule has 1 aromatic carbocycles. The molecule has 27 heavy (non-hydrogen) atoms. The Morgan fingerprint density at radius 2 is 1.89 bits per heavy atom. The molecular weight excluding hydrogens is 385 g/mol. The van der Waals surface area contributed by atoms with Crippen molar-refractivity contribution in [1.82, 2.24) is 15.1 Å². The van der Waals surface area contributed by atoms with Crippen molar-refractivity contribution in [2.75, 3.05) is 39.8 Å². The van der Waals surface area contributed by atoms with Crippen molar-refractivity contribution in [1.29, 1.82) is 0 Å². The molecule has 0 radical (unpaired) electrons. The third kappa shape index (κ3) is 6.91. The quantitative estimate of drug-likeness (QED) is 0.799. The first-order valence-electron chi connectivity index (χ1n) is 9.49. The van der Waals surface area contributed by atoms with Crippen LogP contribution >= 0.6 is 24.8 Å². The van der Waals surface area contributed by atoms with Crippen LogP contribution in [-0.2, 0) is 16.1 Å². The van der Waals surface area contributed by atoms with Crippen LogP contribution in [0.2, 0.25) is 0 Å². The fraction of sp³-hybridized carbons (Fsp3) is 0.650. The highest BCUT2D eigenvalue weighted by molar-refractivity contribution is 5.85. The summed E-state index contributed by atoms with van der Waals surface area (Å²) >= 11 is 0. The van der Waals surface area contributed by atoms with Gasteiger partial charge in [0.1, 0.15) is 6.04 Å². The fourth-order valence-electron chi connectivity index (χ4n) is 3.94. The van der Waals surface area contributed by atoms with Crippen LogP contribution in [0.5, 0.6) is 0 Å². The molecule has 0 aliphatic carbocycles. The van der Waals surface area contributed by atoms with E-state index in [1.165, 1.54) is 5.56 Å². The van der Waals surface area contributed by atoms with Crippen LogP contribution in [0.3, 0.4) is 0 Å². The molecular formula is C20H33Cl2N3O2.